The molecule has 3 nitrogen and oxygen atoms in total. The Morgan fingerprint density at radius 2 is 2.06 bits per heavy atom. The Hall–Kier alpha value is -1.51. The molecular weight excluding hydrogens is 200 g/mol. The van der Waals surface area contributed by atoms with Gasteiger partial charge in [-0.25, -0.2) is 0 Å². The second-order valence-electron chi connectivity index (χ2n) is 4.29. The van der Waals surface area contributed by atoms with Crippen molar-refractivity contribution in [2.45, 2.75) is 40.5 Å². The molecule has 0 saturated heterocycles. The van der Waals surface area contributed by atoms with E-state index >= 15 is 0 Å². The number of aryl methyl sites for hydroxylation is 4. The Labute approximate surface area is 95.9 Å². The van der Waals surface area contributed by atoms with Crippen LogP contribution in [0.2, 0.25) is 0 Å². The Morgan fingerprint density at radius 3 is 2.62 bits per heavy atom. The second kappa shape index (κ2) is 4.16. The molecule has 2 heterocycles. The van der Waals surface area contributed by atoms with E-state index in [1.54, 1.807) is 0 Å². The summed E-state index contributed by atoms with van der Waals surface area (Å²) in [6, 6.07) is 2.18. The SMILES string of the molecule is CCCc1[nH]c(-c2c(C)noc2C)cc1C. The lowest BCUT2D eigenvalue weighted by Crippen LogP contribution is -1.86. The van der Waals surface area contributed by atoms with Gasteiger partial charge in [-0.3, -0.25) is 0 Å². The molecule has 0 saturated carbocycles. The quantitative estimate of drug-likeness (QED) is 0.856. The van der Waals surface area contributed by atoms with Gasteiger partial charge in [0, 0.05) is 5.69 Å². The van der Waals surface area contributed by atoms with Crippen LogP contribution in [0, 0.1) is 20.8 Å². The summed E-state index contributed by atoms with van der Waals surface area (Å²) in [4.78, 5) is 3.47. The highest BCUT2D eigenvalue weighted by Crippen LogP contribution is 2.28. The lowest BCUT2D eigenvalue weighted by atomic mass is 10.1. The van der Waals surface area contributed by atoms with Crippen molar-refractivity contribution in [3.05, 3.63) is 28.8 Å². The van der Waals surface area contributed by atoms with E-state index in [0.29, 0.717) is 0 Å². The monoisotopic (exact) mass is 218 g/mol. The molecule has 16 heavy (non-hydrogen) atoms. The maximum atomic E-state index is 5.19. The lowest BCUT2D eigenvalue weighted by molar-refractivity contribution is 0.393. The van der Waals surface area contributed by atoms with Crippen LogP contribution in [-0.4, -0.2) is 10.1 Å². The zero-order chi connectivity index (χ0) is 11.7. The van der Waals surface area contributed by atoms with Gasteiger partial charge in [-0.1, -0.05) is 18.5 Å². The van der Waals surface area contributed by atoms with Gasteiger partial charge in [0.15, 0.2) is 0 Å². The highest BCUT2D eigenvalue weighted by molar-refractivity contribution is 5.65. The summed E-state index contributed by atoms with van der Waals surface area (Å²) in [5.74, 6) is 0.877. The molecule has 0 amide bonds. The first kappa shape index (κ1) is 11.0. The summed E-state index contributed by atoms with van der Waals surface area (Å²) < 4.78 is 5.19. The summed E-state index contributed by atoms with van der Waals surface area (Å²) >= 11 is 0. The molecule has 0 aliphatic heterocycles. The standard InChI is InChI=1S/C13H18N2O/c1-5-6-11-8(2)7-12(14-11)13-9(3)15-16-10(13)4/h7,14H,5-6H2,1-4H3. The third kappa shape index (κ3) is 1.77. The molecule has 0 aliphatic carbocycles. The lowest BCUT2D eigenvalue weighted by Gasteiger charge is -1.97. The molecule has 2 aromatic rings. The van der Waals surface area contributed by atoms with Gasteiger partial charge in [0.2, 0.25) is 0 Å². The van der Waals surface area contributed by atoms with E-state index in [2.05, 4.69) is 30.1 Å². The average molecular weight is 218 g/mol. The minimum atomic E-state index is 0.877. The average Bonchev–Trinajstić information content (AvgIpc) is 2.73. The van der Waals surface area contributed by atoms with Crippen molar-refractivity contribution in [3.63, 3.8) is 0 Å². The van der Waals surface area contributed by atoms with Gasteiger partial charge in [0.1, 0.15) is 5.76 Å². The van der Waals surface area contributed by atoms with Crippen molar-refractivity contribution in [3.8, 4) is 11.3 Å². The van der Waals surface area contributed by atoms with E-state index in [4.69, 9.17) is 4.52 Å². The predicted molar refractivity (Wildman–Crippen MR) is 64.5 cm³/mol. The fourth-order valence-corrected chi connectivity index (χ4v) is 2.11. The number of hydrogen-bond acceptors (Lipinski definition) is 2. The molecule has 2 rings (SSSR count). The van der Waals surface area contributed by atoms with Gasteiger partial charge in [-0.2, -0.15) is 0 Å². The van der Waals surface area contributed by atoms with Crippen molar-refractivity contribution in [1.29, 1.82) is 0 Å². The van der Waals surface area contributed by atoms with Crippen molar-refractivity contribution in [1.82, 2.24) is 10.1 Å². The molecule has 0 atom stereocenters. The largest absolute Gasteiger partial charge is 0.361 e. The van der Waals surface area contributed by atoms with Crippen LogP contribution >= 0.6 is 0 Å². The molecule has 0 unspecified atom stereocenters. The van der Waals surface area contributed by atoms with Crippen LogP contribution in [0.1, 0.15) is 36.1 Å². The van der Waals surface area contributed by atoms with Crippen molar-refractivity contribution < 1.29 is 4.52 Å². The number of hydrogen-bond donors (Lipinski definition) is 1. The molecule has 0 aliphatic rings. The minimum absolute atomic E-state index is 0.877. The van der Waals surface area contributed by atoms with Crippen LogP contribution in [0.25, 0.3) is 11.3 Å². The van der Waals surface area contributed by atoms with Gasteiger partial charge in [0.05, 0.1) is 17.0 Å². The summed E-state index contributed by atoms with van der Waals surface area (Å²) in [5.41, 5.74) is 5.80. The van der Waals surface area contributed by atoms with E-state index in [-0.39, 0.29) is 0 Å². The first-order valence-electron chi connectivity index (χ1n) is 5.75. The molecule has 1 N–H and O–H groups in total. The Kier molecular flexibility index (Phi) is 2.86. The highest BCUT2D eigenvalue weighted by Gasteiger charge is 2.14. The van der Waals surface area contributed by atoms with Gasteiger partial charge in [-0.05, 0) is 38.8 Å². The smallest absolute Gasteiger partial charge is 0.143 e. The number of nitrogens with one attached hydrogen (secondary N) is 1. The normalized spacial score (nSPS) is 11.0. The first-order chi connectivity index (χ1) is 7.63. The minimum Gasteiger partial charge on any atom is -0.361 e. The zero-order valence-corrected chi connectivity index (χ0v) is 10.3. The number of H-pyrrole nitrogens is 1. The van der Waals surface area contributed by atoms with Gasteiger partial charge in [-0.15, -0.1) is 0 Å². The fourth-order valence-electron chi connectivity index (χ4n) is 2.11. The maximum Gasteiger partial charge on any atom is 0.143 e. The predicted octanol–water partition coefficient (Wildman–Crippen LogP) is 3.55. The van der Waals surface area contributed by atoms with Crippen LogP contribution < -0.4 is 0 Å². The molecular formula is C13H18N2O. The van der Waals surface area contributed by atoms with Crippen molar-refractivity contribution in [2.75, 3.05) is 0 Å². The first-order valence-corrected chi connectivity index (χ1v) is 5.75. The molecule has 3 heteroatoms. The fraction of sp³-hybridized carbons (Fsp3) is 0.462. The van der Waals surface area contributed by atoms with Crippen LogP contribution in [0.4, 0.5) is 0 Å². The van der Waals surface area contributed by atoms with Gasteiger partial charge < -0.3 is 9.51 Å². The highest BCUT2D eigenvalue weighted by atomic mass is 16.5. The Morgan fingerprint density at radius 1 is 1.31 bits per heavy atom. The molecule has 0 aromatic carbocycles. The van der Waals surface area contributed by atoms with Crippen molar-refractivity contribution >= 4 is 0 Å². The Balaban J connectivity index is 2.45. The molecule has 0 bridgehead atoms. The van der Waals surface area contributed by atoms with Gasteiger partial charge in [0.25, 0.3) is 0 Å². The number of nitrogens with zero attached hydrogens (tertiary/aromatic N) is 1. The molecule has 0 fully saturated rings. The summed E-state index contributed by atoms with van der Waals surface area (Å²) in [6.45, 7) is 8.26. The third-order valence-corrected chi connectivity index (χ3v) is 2.93. The topological polar surface area (TPSA) is 41.8 Å². The van der Waals surface area contributed by atoms with Crippen LogP contribution in [0.5, 0.6) is 0 Å². The molecule has 86 valence electrons. The maximum absolute atomic E-state index is 5.19. The zero-order valence-electron chi connectivity index (χ0n) is 10.3. The number of aromatic nitrogens is 2. The number of aromatic amines is 1. The van der Waals surface area contributed by atoms with E-state index in [9.17, 15) is 0 Å². The molecule has 2 aromatic heterocycles. The summed E-state index contributed by atoms with van der Waals surface area (Å²) in [7, 11) is 0. The molecule has 0 radical (unpaired) electrons. The number of rotatable bonds is 3. The van der Waals surface area contributed by atoms with E-state index < -0.39 is 0 Å². The van der Waals surface area contributed by atoms with E-state index in [1.165, 1.54) is 11.3 Å². The molecule has 0 spiro atoms. The summed E-state index contributed by atoms with van der Waals surface area (Å²) in [6.07, 6.45) is 2.25. The van der Waals surface area contributed by atoms with Crippen LogP contribution in [0.3, 0.4) is 0 Å². The van der Waals surface area contributed by atoms with Crippen LogP contribution in [-0.2, 0) is 6.42 Å². The Bertz CT molecular complexity index is 475. The summed E-state index contributed by atoms with van der Waals surface area (Å²) in [5, 5.41) is 3.98. The van der Waals surface area contributed by atoms with Crippen molar-refractivity contribution in [2.24, 2.45) is 0 Å². The van der Waals surface area contributed by atoms with Gasteiger partial charge >= 0.3 is 0 Å². The van der Waals surface area contributed by atoms with Crippen LogP contribution in [0.15, 0.2) is 10.6 Å². The van der Waals surface area contributed by atoms with E-state index in [1.807, 2.05) is 13.8 Å². The third-order valence-electron chi connectivity index (χ3n) is 2.93. The second-order valence-corrected chi connectivity index (χ2v) is 4.29. The van der Waals surface area contributed by atoms with E-state index in [0.717, 1.165) is 35.6 Å².